The van der Waals surface area contributed by atoms with E-state index < -0.39 is 0 Å². The first-order valence-corrected chi connectivity index (χ1v) is 11.4. The molecule has 1 saturated heterocycles. The van der Waals surface area contributed by atoms with Crippen molar-refractivity contribution in [2.45, 2.75) is 12.1 Å². The molecule has 1 N–H and O–H groups in total. The van der Waals surface area contributed by atoms with Crippen LogP contribution >= 0.6 is 12.2 Å². The third kappa shape index (κ3) is 4.36. The van der Waals surface area contributed by atoms with Crippen molar-refractivity contribution in [1.29, 1.82) is 0 Å². The van der Waals surface area contributed by atoms with Gasteiger partial charge in [0.25, 0.3) is 0 Å². The van der Waals surface area contributed by atoms with Gasteiger partial charge in [-0.3, -0.25) is 4.98 Å². The maximum atomic E-state index is 11.8. The van der Waals surface area contributed by atoms with Gasteiger partial charge in [-0.25, -0.2) is 4.79 Å². The van der Waals surface area contributed by atoms with Crippen LogP contribution in [0, 0.1) is 0 Å². The first kappa shape index (κ1) is 22.6. The quantitative estimate of drug-likeness (QED) is 0.291. The zero-order valence-electron chi connectivity index (χ0n) is 19.2. The highest BCUT2D eigenvalue weighted by Gasteiger charge is 2.42. The fraction of sp³-hybridized carbons (Fsp3) is 0.148. The Kier molecular flexibility index (Phi) is 6.20. The molecule has 7 nitrogen and oxygen atoms in total. The van der Waals surface area contributed by atoms with E-state index in [2.05, 4.69) is 10.3 Å². The molecule has 2 unspecified atom stereocenters. The molecule has 5 rings (SSSR count). The van der Waals surface area contributed by atoms with Crippen LogP contribution in [0.5, 0.6) is 5.75 Å². The van der Waals surface area contributed by atoms with Gasteiger partial charge in [-0.15, -0.1) is 0 Å². The number of carbonyl (C=O) groups excluding carboxylic acids is 1. The van der Waals surface area contributed by atoms with Crippen molar-refractivity contribution in [3.8, 4) is 17.1 Å². The van der Waals surface area contributed by atoms with Crippen LogP contribution in [-0.2, 0) is 4.74 Å². The molecule has 3 heterocycles. The van der Waals surface area contributed by atoms with Crippen molar-refractivity contribution in [3.05, 3.63) is 102 Å². The predicted molar refractivity (Wildman–Crippen MR) is 136 cm³/mol. The number of anilines is 1. The van der Waals surface area contributed by atoms with Gasteiger partial charge in [-0.2, -0.15) is 0 Å². The van der Waals surface area contributed by atoms with E-state index in [0.717, 1.165) is 28.5 Å². The molecule has 2 atom stereocenters. The number of ether oxygens (including phenoxy) is 2. The summed E-state index contributed by atoms with van der Waals surface area (Å²) in [6.45, 7) is 0. The molecule has 2 aromatic heterocycles. The van der Waals surface area contributed by atoms with E-state index in [9.17, 15) is 4.79 Å². The Hall–Kier alpha value is -4.17. The number of hydrogen-bond donors (Lipinski definition) is 1. The van der Waals surface area contributed by atoms with Crippen molar-refractivity contribution in [3.63, 3.8) is 0 Å². The van der Waals surface area contributed by atoms with E-state index in [1.807, 2.05) is 71.6 Å². The summed E-state index contributed by atoms with van der Waals surface area (Å²) in [6.07, 6.45) is 1.77. The van der Waals surface area contributed by atoms with Crippen LogP contribution in [0.25, 0.3) is 11.3 Å². The minimum Gasteiger partial charge on any atom is -0.497 e. The third-order valence-corrected chi connectivity index (χ3v) is 6.25. The number of carbonyl (C=O) groups is 1. The molecule has 8 heteroatoms. The molecular weight excluding hydrogens is 462 g/mol. The fourth-order valence-electron chi connectivity index (χ4n) is 4.24. The van der Waals surface area contributed by atoms with Gasteiger partial charge in [0.2, 0.25) is 0 Å². The second-order valence-electron chi connectivity index (χ2n) is 7.97. The second kappa shape index (κ2) is 9.60. The summed E-state index contributed by atoms with van der Waals surface area (Å²) >= 11 is 5.77. The van der Waals surface area contributed by atoms with Crippen LogP contribution in [0.4, 0.5) is 5.69 Å². The highest BCUT2D eigenvalue weighted by Crippen LogP contribution is 2.43. The Morgan fingerprint density at radius 1 is 1.03 bits per heavy atom. The fourth-order valence-corrected chi connectivity index (χ4v) is 4.58. The Bertz CT molecular complexity index is 1350. The molecule has 0 aliphatic carbocycles. The predicted octanol–water partition coefficient (Wildman–Crippen LogP) is 5.31. The average molecular weight is 486 g/mol. The number of pyridine rings is 1. The van der Waals surface area contributed by atoms with Crippen LogP contribution < -0.4 is 15.0 Å². The van der Waals surface area contributed by atoms with Gasteiger partial charge >= 0.3 is 5.97 Å². The Morgan fingerprint density at radius 2 is 1.86 bits per heavy atom. The SMILES string of the molecule is COC(=O)c1ccc(-c2ccc(C3C(c4ccccn4)NC(=S)N3c3cccc(OC)c3)o2)cc1. The molecule has 0 amide bonds. The molecule has 1 aliphatic heterocycles. The smallest absolute Gasteiger partial charge is 0.337 e. The van der Waals surface area contributed by atoms with E-state index in [-0.39, 0.29) is 18.1 Å². The number of furan rings is 1. The van der Waals surface area contributed by atoms with Gasteiger partial charge in [0, 0.05) is 23.5 Å². The van der Waals surface area contributed by atoms with Gasteiger partial charge in [0.1, 0.15) is 23.3 Å². The number of methoxy groups -OCH3 is 2. The van der Waals surface area contributed by atoms with Gasteiger partial charge in [0.05, 0.1) is 31.5 Å². The molecule has 0 radical (unpaired) electrons. The normalized spacial score (nSPS) is 17.2. The second-order valence-corrected chi connectivity index (χ2v) is 8.36. The molecule has 2 aromatic carbocycles. The summed E-state index contributed by atoms with van der Waals surface area (Å²) in [7, 11) is 3.00. The summed E-state index contributed by atoms with van der Waals surface area (Å²) in [5, 5.41) is 3.99. The lowest BCUT2D eigenvalue weighted by Crippen LogP contribution is -2.29. The lowest BCUT2D eigenvalue weighted by Gasteiger charge is -2.26. The van der Waals surface area contributed by atoms with E-state index in [1.54, 1.807) is 25.4 Å². The van der Waals surface area contributed by atoms with Crippen molar-refractivity contribution in [2.75, 3.05) is 19.1 Å². The molecule has 176 valence electrons. The van der Waals surface area contributed by atoms with Crippen molar-refractivity contribution < 1.29 is 18.7 Å². The summed E-state index contributed by atoms with van der Waals surface area (Å²) in [4.78, 5) is 18.4. The van der Waals surface area contributed by atoms with Gasteiger partial charge < -0.3 is 24.1 Å². The lowest BCUT2D eigenvalue weighted by atomic mass is 10.0. The van der Waals surface area contributed by atoms with Crippen molar-refractivity contribution in [2.24, 2.45) is 0 Å². The number of nitrogens with one attached hydrogen (secondary N) is 1. The molecule has 0 bridgehead atoms. The van der Waals surface area contributed by atoms with Crippen LogP contribution in [0.1, 0.15) is 33.9 Å². The Morgan fingerprint density at radius 3 is 2.57 bits per heavy atom. The Labute approximate surface area is 208 Å². The van der Waals surface area contributed by atoms with E-state index in [1.165, 1.54) is 7.11 Å². The summed E-state index contributed by atoms with van der Waals surface area (Å²) in [5.74, 6) is 1.76. The molecule has 35 heavy (non-hydrogen) atoms. The maximum absolute atomic E-state index is 11.8. The minimum absolute atomic E-state index is 0.226. The van der Waals surface area contributed by atoms with Crippen LogP contribution in [0.2, 0.25) is 0 Å². The first-order chi connectivity index (χ1) is 17.1. The summed E-state index contributed by atoms with van der Waals surface area (Å²) in [5.41, 5.74) is 3.06. The number of rotatable bonds is 6. The van der Waals surface area contributed by atoms with E-state index >= 15 is 0 Å². The Balaban J connectivity index is 1.55. The summed E-state index contributed by atoms with van der Waals surface area (Å²) < 4.78 is 16.6. The monoisotopic (exact) mass is 485 g/mol. The molecule has 1 fully saturated rings. The van der Waals surface area contributed by atoms with E-state index in [0.29, 0.717) is 16.4 Å². The highest BCUT2D eigenvalue weighted by atomic mass is 32.1. The van der Waals surface area contributed by atoms with Crippen molar-refractivity contribution in [1.82, 2.24) is 10.3 Å². The van der Waals surface area contributed by atoms with Crippen LogP contribution in [-0.4, -0.2) is 30.3 Å². The number of benzene rings is 2. The van der Waals surface area contributed by atoms with Crippen LogP contribution in [0.3, 0.4) is 0 Å². The van der Waals surface area contributed by atoms with Crippen LogP contribution in [0.15, 0.2) is 89.5 Å². The van der Waals surface area contributed by atoms with Gasteiger partial charge in [-0.1, -0.05) is 24.3 Å². The molecule has 0 spiro atoms. The number of hydrogen-bond acceptors (Lipinski definition) is 6. The average Bonchev–Trinajstić information content (AvgIpc) is 3.53. The molecule has 1 aliphatic rings. The number of nitrogens with zero attached hydrogens (tertiary/aromatic N) is 2. The zero-order valence-corrected chi connectivity index (χ0v) is 20.0. The summed E-state index contributed by atoms with van der Waals surface area (Å²) in [6, 6.07) is 24.0. The molecular formula is C27H23N3O4S. The van der Waals surface area contributed by atoms with Crippen molar-refractivity contribution >= 4 is 29.0 Å². The highest BCUT2D eigenvalue weighted by molar-refractivity contribution is 7.80. The number of esters is 1. The third-order valence-electron chi connectivity index (χ3n) is 5.94. The van der Waals surface area contributed by atoms with E-state index in [4.69, 9.17) is 26.1 Å². The maximum Gasteiger partial charge on any atom is 0.337 e. The molecule has 4 aromatic rings. The largest absolute Gasteiger partial charge is 0.497 e. The minimum atomic E-state index is -0.380. The van der Waals surface area contributed by atoms with Gasteiger partial charge in [-0.05, 0) is 60.7 Å². The zero-order chi connectivity index (χ0) is 24.4. The molecule has 0 saturated carbocycles. The number of thiocarbonyl (C=S) groups is 1. The standard InChI is InChI=1S/C27H23N3O4S/c1-32-20-7-5-6-19(16-20)30-25(24(29-27(30)35)21-8-3-4-15-28-21)23-14-13-22(34-23)17-9-11-18(12-10-17)26(31)33-2/h3-16,24-25H,1-2H3,(H,29,35). The first-order valence-electron chi connectivity index (χ1n) is 11.0. The lowest BCUT2D eigenvalue weighted by molar-refractivity contribution is 0.0600. The number of aromatic nitrogens is 1. The van der Waals surface area contributed by atoms with Gasteiger partial charge in [0.15, 0.2) is 5.11 Å². The topological polar surface area (TPSA) is 76.8 Å².